The molecule has 7 heteroatoms. The Balaban J connectivity index is -0.000000230. The van der Waals surface area contributed by atoms with E-state index < -0.39 is 11.9 Å². The predicted molar refractivity (Wildman–Crippen MR) is 72.7 cm³/mol. The Kier molecular flexibility index (Phi) is 18.9. The lowest BCUT2D eigenvalue weighted by atomic mass is 10.4. The Labute approximate surface area is 117 Å². The Morgan fingerprint density at radius 1 is 1.20 bits per heavy atom. The summed E-state index contributed by atoms with van der Waals surface area (Å²) in [5, 5.41) is 15.8. The van der Waals surface area contributed by atoms with Crippen LogP contribution < -0.4 is 0 Å². The standard InChI is InChI=1S/C6H10O3.C4H6O2.C3H4O2/c1-5(2)6(8)9-4-3-7;1-3-6-4(2)5;1-2-3(4)5/h7H,1,3-4H2,2H3;3H,1H2,2H3;2H,1H2,(H,4,5). The summed E-state index contributed by atoms with van der Waals surface area (Å²) in [4.78, 5) is 29.5. The van der Waals surface area contributed by atoms with Crippen molar-refractivity contribution in [2.24, 2.45) is 0 Å². The van der Waals surface area contributed by atoms with Crippen molar-refractivity contribution >= 4 is 17.9 Å². The minimum atomic E-state index is -0.981. The zero-order chi connectivity index (χ0) is 16.6. The number of hydrogen-bond donors (Lipinski definition) is 2. The highest BCUT2D eigenvalue weighted by Gasteiger charge is 1.99. The van der Waals surface area contributed by atoms with E-state index in [1.807, 2.05) is 0 Å². The second-order valence-corrected chi connectivity index (χ2v) is 2.96. The molecule has 0 heterocycles. The molecule has 0 spiro atoms. The fraction of sp³-hybridized carbons (Fsp3) is 0.308. The van der Waals surface area contributed by atoms with Crippen molar-refractivity contribution in [2.75, 3.05) is 13.2 Å². The van der Waals surface area contributed by atoms with Gasteiger partial charge in [-0.1, -0.05) is 19.7 Å². The molecule has 0 rings (SSSR count). The molecule has 0 aromatic rings. The summed E-state index contributed by atoms with van der Waals surface area (Å²) in [6, 6.07) is 0. The molecule has 114 valence electrons. The molecule has 0 aromatic heterocycles. The number of carboxylic acids is 1. The van der Waals surface area contributed by atoms with Gasteiger partial charge in [0.05, 0.1) is 12.9 Å². The molecule has 0 amide bonds. The van der Waals surface area contributed by atoms with Crippen LogP contribution in [0.2, 0.25) is 0 Å². The minimum absolute atomic E-state index is 0.0473. The third kappa shape index (κ3) is 29.6. The summed E-state index contributed by atoms with van der Waals surface area (Å²) in [6.45, 7) is 12.3. The number of hydrogen-bond acceptors (Lipinski definition) is 6. The van der Waals surface area contributed by atoms with E-state index in [2.05, 4.69) is 29.2 Å². The molecule has 0 aliphatic heterocycles. The zero-order valence-electron chi connectivity index (χ0n) is 11.6. The van der Waals surface area contributed by atoms with Gasteiger partial charge >= 0.3 is 17.9 Å². The highest BCUT2D eigenvalue weighted by atomic mass is 16.5. The van der Waals surface area contributed by atoms with Crippen LogP contribution in [0.15, 0.2) is 37.6 Å². The number of carbonyl (C=O) groups excluding carboxylic acids is 2. The van der Waals surface area contributed by atoms with Gasteiger partial charge in [-0.25, -0.2) is 9.59 Å². The van der Waals surface area contributed by atoms with Crippen LogP contribution in [-0.2, 0) is 23.9 Å². The first-order chi connectivity index (χ1) is 9.22. The monoisotopic (exact) mass is 288 g/mol. The molecular formula is C13H20O7. The second-order valence-electron chi connectivity index (χ2n) is 2.96. The molecule has 0 bridgehead atoms. The molecule has 0 aliphatic rings. The van der Waals surface area contributed by atoms with Crippen molar-refractivity contribution in [3.05, 3.63) is 37.6 Å². The predicted octanol–water partition coefficient (Wildman–Crippen LogP) is 1.05. The molecule has 7 nitrogen and oxygen atoms in total. The average Bonchev–Trinajstić information content (AvgIpc) is 2.36. The van der Waals surface area contributed by atoms with E-state index >= 15 is 0 Å². The van der Waals surface area contributed by atoms with Crippen molar-refractivity contribution in [1.29, 1.82) is 0 Å². The number of aliphatic carboxylic acids is 1. The SMILES string of the molecule is C=C(C)C(=O)OCCO.C=CC(=O)O.C=COC(C)=O. The number of aliphatic hydroxyl groups is 1. The number of esters is 2. The highest BCUT2D eigenvalue weighted by Crippen LogP contribution is 1.89. The summed E-state index contributed by atoms with van der Waals surface area (Å²) >= 11 is 0. The molecule has 0 aliphatic carbocycles. The topological polar surface area (TPSA) is 110 Å². The molecule has 0 saturated heterocycles. The van der Waals surface area contributed by atoms with Gasteiger partial charge in [-0.3, -0.25) is 4.79 Å². The van der Waals surface area contributed by atoms with Crippen LogP contribution in [0.4, 0.5) is 0 Å². The Morgan fingerprint density at radius 3 is 1.80 bits per heavy atom. The van der Waals surface area contributed by atoms with Crippen LogP contribution in [0, 0.1) is 0 Å². The maximum Gasteiger partial charge on any atom is 0.333 e. The normalized spacial score (nSPS) is 7.55. The Bertz CT molecular complexity index is 345. The molecular weight excluding hydrogens is 268 g/mol. The maximum absolute atomic E-state index is 10.5. The first-order valence-corrected chi connectivity index (χ1v) is 5.29. The van der Waals surface area contributed by atoms with Gasteiger partial charge in [0.25, 0.3) is 0 Å². The highest BCUT2D eigenvalue weighted by molar-refractivity contribution is 5.86. The van der Waals surface area contributed by atoms with Crippen molar-refractivity contribution in [1.82, 2.24) is 0 Å². The number of aliphatic hydroxyl groups excluding tert-OH is 1. The van der Waals surface area contributed by atoms with E-state index in [1.165, 1.54) is 6.92 Å². The van der Waals surface area contributed by atoms with Crippen LogP contribution in [0.25, 0.3) is 0 Å². The molecule has 0 radical (unpaired) electrons. The summed E-state index contributed by atoms with van der Waals surface area (Å²) < 4.78 is 8.63. The molecule has 20 heavy (non-hydrogen) atoms. The van der Waals surface area contributed by atoms with Gasteiger partial charge < -0.3 is 19.7 Å². The fourth-order valence-corrected chi connectivity index (χ4v) is 0.379. The van der Waals surface area contributed by atoms with Gasteiger partial charge in [0.2, 0.25) is 0 Å². The second kappa shape index (κ2) is 16.6. The van der Waals surface area contributed by atoms with E-state index in [-0.39, 0.29) is 19.2 Å². The van der Waals surface area contributed by atoms with Gasteiger partial charge in [0.1, 0.15) is 6.61 Å². The van der Waals surface area contributed by atoms with E-state index in [9.17, 15) is 14.4 Å². The summed E-state index contributed by atoms with van der Waals surface area (Å²) in [5.74, 6) is -1.76. The van der Waals surface area contributed by atoms with Crippen molar-refractivity contribution < 1.29 is 34.1 Å². The van der Waals surface area contributed by atoms with Crippen molar-refractivity contribution in [3.63, 3.8) is 0 Å². The molecule has 0 unspecified atom stereocenters. The lowest BCUT2D eigenvalue weighted by Crippen LogP contribution is -2.08. The molecule has 0 fully saturated rings. The fourth-order valence-electron chi connectivity index (χ4n) is 0.379. The zero-order valence-corrected chi connectivity index (χ0v) is 11.6. The van der Waals surface area contributed by atoms with E-state index in [1.54, 1.807) is 6.92 Å². The van der Waals surface area contributed by atoms with Crippen LogP contribution in [0.5, 0.6) is 0 Å². The number of ether oxygens (including phenoxy) is 2. The minimum Gasteiger partial charge on any atom is -0.478 e. The van der Waals surface area contributed by atoms with E-state index in [0.29, 0.717) is 5.57 Å². The molecule has 0 aromatic carbocycles. The lowest BCUT2D eigenvalue weighted by Gasteiger charge is -1.99. The Morgan fingerprint density at radius 2 is 1.65 bits per heavy atom. The molecule has 2 N–H and O–H groups in total. The molecule has 0 atom stereocenters. The van der Waals surface area contributed by atoms with Crippen molar-refractivity contribution in [3.8, 4) is 0 Å². The van der Waals surface area contributed by atoms with Crippen LogP contribution in [-0.4, -0.2) is 41.3 Å². The van der Waals surface area contributed by atoms with Crippen LogP contribution in [0.3, 0.4) is 0 Å². The maximum atomic E-state index is 10.5. The van der Waals surface area contributed by atoms with Gasteiger partial charge in [0, 0.05) is 18.6 Å². The number of carbonyl (C=O) groups is 3. The Hall–Kier alpha value is -2.41. The van der Waals surface area contributed by atoms with Crippen LogP contribution in [0.1, 0.15) is 13.8 Å². The first kappa shape index (κ1) is 22.7. The summed E-state index contributed by atoms with van der Waals surface area (Å²) in [7, 11) is 0. The quantitative estimate of drug-likeness (QED) is 0.442. The number of carboxylic acid groups (broad SMARTS) is 1. The number of rotatable bonds is 5. The average molecular weight is 288 g/mol. The molecule has 0 saturated carbocycles. The van der Waals surface area contributed by atoms with Crippen LogP contribution >= 0.6 is 0 Å². The van der Waals surface area contributed by atoms with Gasteiger partial charge in [-0.15, -0.1) is 0 Å². The third-order valence-corrected chi connectivity index (χ3v) is 1.10. The van der Waals surface area contributed by atoms with Gasteiger partial charge in [0.15, 0.2) is 0 Å². The first-order valence-electron chi connectivity index (χ1n) is 5.29. The van der Waals surface area contributed by atoms with E-state index in [4.69, 9.17) is 10.2 Å². The summed E-state index contributed by atoms with van der Waals surface area (Å²) in [6.07, 6.45) is 1.93. The summed E-state index contributed by atoms with van der Waals surface area (Å²) in [5.41, 5.74) is 0.350. The van der Waals surface area contributed by atoms with Gasteiger partial charge in [-0.2, -0.15) is 0 Å². The van der Waals surface area contributed by atoms with Gasteiger partial charge in [-0.05, 0) is 6.92 Å². The van der Waals surface area contributed by atoms with E-state index in [0.717, 1.165) is 12.3 Å². The smallest absolute Gasteiger partial charge is 0.333 e. The lowest BCUT2D eigenvalue weighted by molar-refractivity contribution is -0.140. The largest absolute Gasteiger partial charge is 0.478 e. The third-order valence-electron chi connectivity index (χ3n) is 1.10. The van der Waals surface area contributed by atoms with Crippen molar-refractivity contribution in [2.45, 2.75) is 13.8 Å².